The third-order valence-electron chi connectivity index (χ3n) is 3.23. The van der Waals surface area contributed by atoms with Gasteiger partial charge in [-0.1, -0.05) is 23.2 Å². The van der Waals surface area contributed by atoms with E-state index in [2.05, 4.69) is 41.3 Å². The van der Waals surface area contributed by atoms with Gasteiger partial charge in [-0.2, -0.15) is 9.78 Å². The quantitative estimate of drug-likeness (QED) is 0.668. The van der Waals surface area contributed by atoms with E-state index in [9.17, 15) is 4.79 Å². The van der Waals surface area contributed by atoms with E-state index in [1.165, 1.54) is 23.1 Å². The predicted octanol–water partition coefficient (Wildman–Crippen LogP) is 3.62. The van der Waals surface area contributed by atoms with E-state index in [1.54, 1.807) is 25.4 Å². The average Bonchev–Trinajstić information content (AvgIpc) is 3.04. The van der Waals surface area contributed by atoms with Crippen molar-refractivity contribution in [3.05, 3.63) is 62.8 Å². The largest absolute Gasteiger partial charge is 0.342 e. The lowest BCUT2D eigenvalue weighted by molar-refractivity contribution is 0.0938. The van der Waals surface area contributed by atoms with E-state index < -0.39 is 6.04 Å². The Bertz CT molecular complexity index is 894. The van der Waals surface area contributed by atoms with Crippen molar-refractivity contribution in [2.75, 3.05) is 0 Å². The zero-order valence-electron chi connectivity index (χ0n) is 12.8. The summed E-state index contributed by atoms with van der Waals surface area (Å²) in [5.74, 6) is 0.509. The molecule has 2 aromatic heterocycles. The van der Waals surface area contributed by atoms with Crippen molar-refractivity contribution >= 4 is 45.0 Å². The van der Waals surface area contributed by atoms with Gasteiger partial charge >= 0.3 is 0 Å². The molecular formula is C15H11BrCl2N6O. The molecule has 1 unspecified atom stereocenters. The Morgan fingerprint density at radius 3 is 2.44 bits per heavy atom. The van der Waals surface area contributed by atoms with Crippen LogP contribution in [0.2, 0.25) is 10.0 Å². The van der Waals surface area contributed by atoms with Crippen LogP contribution in [-0.2, 0) is 0 Å². The van der Waals surface area contributed by atoms with Crippen LogP contribution in [0.4, 0.5) is 0 Å². The van der Waals surface area contributed by atoms with Crippen LogP contribution in [0.3, 0.4) is 0 Å². The number of nitrogens with zero attached hydrogens (tertiary/aromatic N) is 5. The van der Waals surface area contributed by atoms with Crippen molar-refractivity contribution in [2.24, 2.45) is 0 Å². The molecule has 0 aliphatic carbocycles. The minimum atomic E-state index is -0.444. The first-order valence-electron chi connectivity index (χ1n) is 7.09. The van der Waals surface area contributed by atoms with Crippen LogP contribution in [0.5, 0.6) is 0 Å². The highest BCUT2D eigenvalue weighted by Gasteiger charge is 2.19. The molecule has 0 fully saturated rings. The molecule has 0 spiro atoms. The van der Waals surface area contributed by atoms with E-state index >= 15 is 0 Å². The summed E-state index contributed by atoms with van der Waals surface area (Å²) < 4.78 is 2.21. The summed E-state index contributed by atoms with van der Waals surface area (Å²) in [6, 6.07) is 4.20. The molecule has 0 aliphatic heterocycles. The number of aromatic nitrogens is 5. The van der Waals surface area contributed by atoms with Crippen molar-refractivity contribution < 1.29 is 4.79 Å². The molecule has 0 radical (unpaired) electrons. The first-order valence-corrected chi connectivity index (χ1v) is 8.63. The second kappa shape index (κ2) is 7.47. The van der Waals surface area contributed by atoms with Crippen LogP contribution in [0.25, 0.3) is 5.95 Å². The first-order chi connectivity index (χ1) is 11.9. The predicted molar refractivity (Wildman–Crippen MR) is 97.0 cm³/mol. The van der Waals surface area contributed by atoms with Gasteiger partial charge in [0.05, 0.1) is 10.5 Å². The minimum absolute atomic E-state index is 0.330. The molecule has 0 saturated heterocycles. The van der Waals surface area contributed by atoms with Gasteiger partial charge in [0.2, 0.25) is 0 Å². The van der Waals surface area contributed by atoms with E-state index in [-0.39, 0.29) is 5.91 Å². The number of carbonyl (C=O) groups excluding carboxylic acids is 1. The third-order valence-corrected chi connectivity index (χ3v) is 4.08. The topological polar surface area (TPSA) is 85.6 Å². The molecular weight excluding hydrogens is 431 g/mol. The van der Waals surface area contributed by atoms with Crippen molar-refractivity contribution in [3.63, 3.8) is 0 Å². The lowest BCUT2D eigenvalue weighted by atomic mass is 10.2. The van der Waals surface area contributed by atoms with Crippen LogP contribution in [0.15, 0.2) is 41.4 Å². The van der Waals surface area contributed by atoms with Crippen molar-refractivity contribution in [3.8, 4) is 5.95 Å². The molecule has 1 aromatic carbocycles. The van der Waals surface area contributed by atoms with Gasteiger partial charge in [0.15, 0.2) is 5.82 Å². The Morgan fingerprint density at radius 2 is 1.80 bits per heavy atom. The van der Waals surface area contributed by atoms with Gasteiger partial charge in [0.1, 0.15) is 6.33 Å². The fourth-order valence-electron chi connectivity index (χ4n) is 2.14. The lowest BCUT2D eigenvalue weighted by Crippen LogP contribution is -2.29. The number of hydrogen-bond acceptors (Lipinski definition) is 5. The zero-order valence-corrected chi connectivity index (χ0v) is 15.9. The summed E-state index contributed by atoms with van der Waals surface area (Å²) >= 11 is 15.2. The number of hydrogen-bond donors (Lipinski definition) is 1. The zero-order chi connectivity index (χ0) is 18.0. The van der Waals surface area contributed by atoms with E-state index in [1.807, 2.05) is 0 Å². The minimum Gasteiger partial charge on any atom is -0.342 e. The summed E-state index contributed by atoms with van der Waals surface area (Å²) in [6.45, 7) is 1.78. The van der Waals surface area contributed by atoms with Gasteiger partial charge in [0, 0.05) is 28.0 Å². The van der Waals surface area contributed by atoms with Gasteiger partial charge < -0.3 is 5.32 Å². The number of nitrogens with one attached hydrogen (secondary N) is 1. The normalized spacial score (nSPS) is 12.0. The molecule has 2 heterocycles. The van der Waals surface area contributed by atoms with Gasteiger partial charge in [-0.3, -0.25) is 4.79 Å². The van der Waals surface area contributed by atoms with E-state index in [4.69, 9.17) is 23.2 Å². The Balaban J connectivity index is 1.82. The van der Waals surface area contributed by atoms with Crippen LogP contribution < -0.4 is 5.32 Å². The summed E-state index contributed by atoms with van der Waals surface area (Å²) in [5, 5.41) is 7.72. The number of halogens is 3. The Labute approximate surface area is 161 Å². The van der Waals surface area contributed by atoms with Crippen LogP contribution in [0.1, 0.15) is 29.1 Å². The molecule has 10 heteroatoms. The molecule has 0 aliphatic rings. The molecule has 7 nitrogen and oxygen atoms in total. The monoisotopic (exact) mass is 440 g/mol. The molecule has 3 aromatic rings. The number of amides is 1. The fourth-order valence-corrected chi connectivity index (χ4v) is 2.87. The first kappa shape index (κ1) is 17.8. The highest BCUT2D eigenvalue weighted by molar-refractivity contribution is 9.10. The van der Waals surface area contributed by atoms with Crippen LogP contribution in [0, 0.1) is 0 Å². The van der Waals surface area contributed by atoms with Crippen LogP contribution >= 0.6 is 39.1 Å². The van der Waals surface area contributed by atoms with Crippen molar-refractivity contribution in [1.29, 1.82) is 0 Å². The highest BCUT2D eigenvalue weighted by Crippen LogP contribution is 2.20. The fraction of sp³-hybridized carbons (Fsp3) is 0.133. The SMILES string of the molecule is CC(NC(=O)c1cc(Cl)cc(Cl)c1)c1ncnn1-c1ncc(Br)cn1. The van der Waals surface area contributed by atoms with Crippen molar-refractivity contribution in [1.82, 2.24) is 30.0 Å². The maximum Gasteiger partial charge on any atom is 0.252 e. The lowest BCUT2D eigenvalue weighted by Gasteiger charge is -2.14. The van der Waals surface area contributed by atoms with Gasteiger partial charge in [0.25, 0.3) is 11.9 Å². The Kier molecular flexibility index (Phi) is 5.31. The second-order valence-electron chi connectivity index (χ2n) is 5.08. The van der Waals surface area contributed by atoms with Crippen molar-refractivity contribution in [2.45, 2.75) is 13.0 Å². The molecule has 0 saturated carbocycles. The summed E-state index contributed by atoms with van der Waals surface area (Å²) in [4.78, 5) is 25.0. The number of rotatable bonds is 4. The molecule has 1 atom stereocenters. The molecule has 1 amide bonds. The smallest absolute Gasteiger partial charge is 0.252 e. The number of carbonyl (C=O) groups is 1. The maximum atomic E-state index is 12.4. The Morgan fingerprint density at radius 1 is 1.16 bits per heavy atom. The summed E-state index contributed by atoms with van der Waals surface area (Å²) in [5.41, 5.74) is 0.357. The van der Waals surface area contributed by atoms with E-state index in [0.717, 1.165) is 4.47 Å². The molecule has 3 rings (SSSR count). The van der Waals surface area contributed by atoms with E-state index in [0.29, 0.717) is 27.4 Å². The van der Waals surface area contributed by atoms with Gasteiger partial charge in [-0.15, -0.1) is 0 Å². The molecule has 25 heavy (non-hydrogen) atoms. The summed E-state index contributed by atoms with van der Waals surface area (Å²) in [7, 11) is 0. The average molecular weight is 442 g/mol. The van der Waals surface area contributed by atoms with Gasteiger partial charge in [-0.25, -0.2) is 15.0 Å². The van der Waals surface area contributed by atoms with Crippen LogP contribution in [-0.4, -0.2) is 30.6 Å². The maximum absolute atomic E-state index is 12.4. The molecule has 1 N–H and O–H groups in total. The number of benzene rings is 1. The Hall–Kier alpha value is -2.03. The summed E-state index contributed by atoms with van der Waals surface area (Å²) in [6.07, 6.45) is 4.58. The molecule has 0 bridgehead atoms. The second-order valence-corrected chi connectivity index (χ2v) is 6.87. The van der Waals surface area contributed by atoms with Gasteiger partial charge in [-0.05, 0) is 41.1 Å². The highest BCUT2D eigenvalue weighted by atomic mass is 79.9. The molecule has 128 valence electrons. The standard InChI is InChI=1S/C15H11BrCl2N6O/c1-8(23-14(25)9-2-11(17)4-12(18)3-9)13-21-7-22-24(13)15-19-5-10(16)6-20-15/h2-8H,1H3,(H,23,25). The third kappa shape index (κ3) is 4.15.